The Morgan fingerprint density at radius 2 is 1.85 bits per heavy atom. The van der Waals surface area contributed by atoms with Crippen molar-refractivity contribution in [3.05, 3.63) is 57.6 Å². The molecule has 0 aliphatic carbocycles. The fourth-order valence-corrected chi connectivity index (χ4v) is 2.34. The molecule has 2 rings (SSSR count). The van der Waals surface area contributed by atoms with Crippen LogP contribution in [-0.2, 0) is 0 Å². The first-order chi connectivity index (χ1) is 9.51. The molecule has 0 fully saturated rings. The van der Waals surface area contributed by atoms with Gasteiger partial charge in [-0.2, -0.15) is 0 Å². The van der Waals surface area contributed by atoms with Gasteiger partial charge in [-0.25, -0.2) is 0 Å². The van der Waals surface area contributed by atoms with Crippen molar-refractivity contribution in [1.29, 1.82) is 0 Å². The van der Waals surface area contributed by atoms with Crippen LogP contribution >= 0.6 is 15.9 Å². The van der Waals surface area contributed by atoms with Crippen molar-refractivity contribution in [3.8, 4) is 0 Å². The van der Waals surface area contributed by atoms with Gasteiger partial charge in [0.25, 0.3) is 5.91 Å². The molecule has 0 unspecified atom stereocenters. The number of aryl methyl sites for hydroxylation is 2. The Morgan fingerprint density at radius 3 is 2.50 bits per heavy atom. The Balaban J connectivity index is 2.26. The number of nitrogens with one attached hydrogen (secondary N) is 2. The molecule has 0 saturated carbocycles. The third kappa shape index (κ3) is 3.20. The van der Waals surface area contributed by atoms with Crippen molar-refractivity contribution < 1.29 is 4.79 Å². The van der Waals surface area contributed by atoms with Gasteiger partial charge in [-0.15, -0.1) is 0 Å². The van der Waals surface area contributed by atoms with Crippen molar-refractivity contribution in [2.75, 3.05) is 17.7 Å². The lowest BCUT2D eigenvalue weighted by atomic mass is 10.1. The van der Waals surface area contributed by atoms with Crippen LogP contribution in [0, 0.1) is 13.8 Å². The molecule has 2 N–H and O–H groups in total. The topological polar surface area (TPSA) is 41.1 Å². The van der Waals surface area contributed by atoms with E-state index in [1.54, 1.807) is 0 Å². The van der Waals surface area contributed by atoms with E-state index in [1.807, 2.05) is 57.3 Å². The predicted octanol–water partition coefficient (Wildman–Crippen LogP) is 4.36. The summed E-state index contributed by atoms with van der Waals surface area (Å²) in [6.07, 6.45) is 0. The van der Waals surface area contributed by atoms with Gasteiger partial charge in [-0.05, 0) is 71.2 Å². The van der Waals surface area contributed by atoms with Crippen LogP contribution in [0.2, 0.25) is 0 Å². The van der Waals surface area contributed by atoms with E-state index in [0.717, 1.165) is 27.0 Å². The smallest absolute Gasteiger partial charge is 0.255 e. The number of benzene rings is 2. The maximum atomic E-state index is 12.3. The van der Waals surface area contributed by atoms with Crippen molar-refractivity contribution in [2.45, 2.75) is 13.8 Å². The molecule has 0 heterocycles. The van der Waals surface area contributed by atoms with Gasteiger partial charge in [0, 0.05) is 22.8 Å². The number of halogens is 1. The van der Waals surface area contributed by atoms with E-state index in [1.165, 1.54) is 0 Å². The summed E-state index contributed by atoms with van der Waals surface area (Å²) in [5.74, 6) is -0.101. The molecule has 0 radical (unpaired) electrons. The highest BCUT2D eigenvalue weighted by molar-refractivity contribution is 9.10. The zero-order chi connectivity index (χ0) is 14.7. The van der Waals surface area contributed by atoms with Gasteiger partial charge in [-0.1, -0.05) is 6.07 Å². The van der Waals surface area contributed by atoms with Crippen LogP contribution in [-0.4, -0.2) is 13.0 Å². The molecule has 2 aromatic carbocycles. The Kier molecular flexibility index (Phi) is 4.45. The van der Waals surface area contributed by atoms with Gasteiger partial charge in [-0.3, -0.25) is 4.79 Å². The van der Waals surface area contributed by atoms with Crippen LogP contribution in [0.25, 0.3) is 0 Å². The summed E-state index contributed by atoms with van der Waals surface area (Å²) in [5, 5.41) is 6.00. The number of hydrogen-bond donors (Lipinski definition) is 2. The third-order valence-electron chi connectivity index (χ3n) is 3.13. The SMILES string of the molecule is CNc1ccc(C(=O)Nc2cc(C)ccc2Br)c(C)c1. The first-order valence-corrected chi connectivity index (χ1v) is 7.16. The highest BCUT2D eigenvalue weighted by Crippen LogP contribution is 2.24. The molecule has 0 bridgehead atoms. The molecule has 3 nitrogen and oxygen atoms in total. The number of hydrogen-bond acceptors (Lipinski definition) is 2. The molecule has 4 heteroatoms. The number of carbonyl (C=O) groups excluding carboxylic acids is 1. The average Bonchev–Trinajstić information content (AvgIpc) is 2.42. The third-order valence-corrected chi connectivity index (χ3v) is 3.82. The zero-order valence-corrected chi connectivity index (χ0v) is 13.3. The highest BCUT2D eigenvalue weighted by atomic mass is 79.9. The lowest BCUT2D eigenvalue weighted by molar-refractivity contribution is 0.102. The molecular formula is C16H17BrN2O. The summed E-state index contributed by atoms with van der Waals surface area (Å²) in [6.45, 7) is 3.93. The summed E-state index contributed by atoms with van der Waals surface area (Å²) < 4.78 is 0.876. The Morgan fingerprint density at radius 1 is 1.10 bits per heavy atom. The van der Waals surface area contributed by atoms with E-state index >= 15 is 0 Å². The zero-order valence-electron chi connectivity index (χ0n) is 11.8. The van der Waals surface area contributed by atoms with Crippen molar-refractivity contribution in [1.82, 2.24) is 0 Å². The molecule has 0 aliphatic heterocycles. The number of amides is 1. The van der Waals surface area contributed by atoms with E-state index in [4.69, 9.17) is 0 Å². The minimum Gasteiger partial charge on any atom is -0.388 e. The van der Waals surface area contributed by atoms with Crippen LogP contribution in [0.5, 0.6) is 0 Å². The van der Waals surface area contributed by atoms with Crippen LogP contribution in [0.3, 0.4) is 0 Å². The van der Waals surface area contributed by atoms with Gasteiger partial charge in [0.15, 0.2) is 0 Å². The summed E-state index contributed by atoms with van der Waals surface area (Å²) in [4.78, 5) is 12.3. The molecule has 1 amide bonds. The summed E-state index contributed by atoms with van der Waals surface area (Å²) in [7, 11) is 1.86. The number of rotatable bonds is 3. The van der Waals surface area contributed by atoms with Crippen LogP contribution in [0.15, 0.2) is 40.9 Å². The largest absolute Gasteiger partial charge is 0.388 e. The van der Waals surface area contributed by atoms with Crippen LogP contribution in [0.1, 0.15) is 21.5 Å². The molecule has 0 aromatic heterocycles. The van der Waals surface area contributed by atoms with Gasteiger partial charge < -0.3 is 10.6 Å². The molecule has 0 saturated heterocycles. The van der Waals surface area contributed by atoms with E-state index in [-0.39, 0.29) is 5.91 Å². The van der Waals surface area contributed by atoms with E-state index < -0.39 is 0 Å². The standard InChI is InChI=1S/C16H17BrN2O/c1-10-4-7-14(17)15(8-10)19-16(20)13-6-5-12(18-3)9-11(13)2/h4-9,18H,1-3H3,(H,19,20). The summed E-state index contributed by atoms with van der Waals surface area (Å²) in [5.41, 5.74) is 4.50. The minimum atomic E-state index is -0.101. The molecular weight excluding hydrogens is 316 g/mol. The van der Waals surface area contributed by atoms with Crippen LogP contribution in [0.4, 0.5) is 11.4 Å². The molecule has 2 aromatic rings. The lowest BCUT2D eigenvalue weighted by Gasteiger charge is -2.11. The quantitative estimate of drug-likeness (QED) is 0.876. The van der Waals surface area contributed by atoms with E-state index in [9.17, 15) is 4.79 Å². The first kappa shape index (κ1) is 14.6. The first-order valence-electron chi connectivity index (χ1n) is 6.37. The molecule has 0 spiro atoms. The average molecular weight is 333 g/mol. The van der Waals surface area contributed by atoms with Gasteiger partial charge in [0.1, 0.15) is 0 Å². The second kappa shape index (κ2) is 6.09. The van der Waals surface area contributed by atoms with E-state index in [0.29, 0.717) is 5.56 Å². The Labute approximate surface area is 127 Å². The van der Waals surface area contributed by atoms with E-state index in [2.05, 4.69) is 26.6 Å². The van der Waals surface area contributed by atoms with Crippen molar-refractivity contribution >= 4 is 33.2 Å². The van der Waals surface area contributed by atoms with Crippen molar-refractivity contribution in [2.24, 2.45) is 0 Å². The maximum Gasteiger partial charge on any atom is 0.255 e. The predicted molar refractivity (Wildman–Crippen MR) is 87.6 cm³/mol. The monoisotopic (exact) mass is 332 g/mol. The summed E-state index contributed by atoms with van der Waals surface area (Å²) >= 11 is 3.45. The van der Waals surface area contributed by atoms with Crippen molar-refractivity contribution in [3.63, 3.8) is 0 Å². The second-order valence-corrected chi connectivity index (χ2v) is 5.57. The van der Waals surface area contributed by atoms with Gasteiger partial charge in [0.05, 0.1) is 5.69 Å². The summed E-state index contributed by atoms with van der Waals surface area (Å²) in [6, 6.07) is 11.6. The minimum absolute atomic E-state index is 0.101. The molecule has 104 valence electrons. The number of anilines is 2. The molecule has 0 aliphatic rings. The highest BCUT2D eigenvalue weighted by Gasteiger charge is 2.11. The fourth-order valence-electron chi connectivity index (χ4n) is 2.00. The molecule has 0 atom stereocenters. The van der Waals surface area contributed by atoms with Gasteiger partial charge in [0.2, 0.25) is 0 Å². The Bertz CT molecular complexity index is 653. The van der Waals surface area contributed by atoms with Crippen LogP contribution < -0.4 is 10.6 Å². The van der Waals surface area contributed by atoms with Gasteiger partial charge >= 0.3 is 0 Å². The number of carbonyl (C=O) groups is 1. The Hall–Kier alpha value is -1.81. The fraction of sp³-hybridized carbons (Fsp3) is 0.188. The lowest BCUT2D eigenvalue weighted by Crippen LogP contribution is -2.14. The second-order valence-electron chi connectivity index (χ2n) is 4.72. The maximum absolute atomic E-state index is 12.3. The normalized spacial score (nSPS) is 10.2. The molecule has 20 heavy (non-hydrogen) atoms.